The van der Waals surface area contributed by atoms with Crippen LogP contribution in [0.3, 0.4) is 0 Å². The van der Waals surface area contributed by atoms with Crippen molar-refractivity contribution in [1.82, 2.24) is 9.21 Å². The van der Waals surface area contributed by atoms with Gasteiger partial charge in [-0.15, -0.1) is 0 Å². The van der Waals surface area contributed by atoms with Crippen molar-refractivity contribution in [2.75, 3.05) is 52.7 Å². The summed E-state index contributed by atoms with van der Waals surface area (Å²) in [4.78, 5) is 2.50. The summed E-state index contributed by atoms with van der Waals surface area (Å²) >= 11 is 0. The van der Waals surface area contributed by atoms with E-state index in [2.05, 4.69) is 17.3 Å². The van der Waals surface area contributed by atoms with Gasteiger partial charge in [-0.2, -0.15) is 0 Å². The fourth-order valence-corrected chi connectivity index (χ4v) is 3.31. The molecule has 1 saturated heterocycles. The molecule has 7 heteroatoms. The predicted molar refractivity (Wildman–Crippen MR) is 83.0 cm³/mol. The Hall–Kier alpha value is -1.15. The fourth-order valence-electron chi connectivity index (χ4n) is 2.25. The van der Waals surface area contributed by atoms with Crippen molar-refractivity contribution in [1.29, 1.82) is 0 Å². The second-order valence-electron chi connectivity index (χ2n) is 5.42. The van der Waals surface area contributed by atoms with Gasteiger partial charge in [-0.3, -0.25) is 0 Å². The first kappa shape index (κ1) is 16.2. The number of nitrogens with one attached hydrogen (secondary N) is 1. The maximum atomic E-state index is 12.3. The first-order valence-electron chi connectivity index (χ1n) is 6.97. The first-order valence-corrected chi connectivity index (χ1v) is 8.41. The molecule has 0 bridgehead atoms. The number of para-hydroxylation sites is 1. The molecule has 118 valence electrons. The van der Waals surface area contributed by atoms with Crippen molar-refractivity contribution in [3.63, 3.8) is 0 Å². The van der Waals surface area contributed by atoms with Gasteiger partial charge in [0.2, 0.25) is 10.0 Å². The Morgan fingerprint density at radius 1 is 1.38 bits per heavy atom. The summed E-state index contributed by atoms with van der Waals surface area (Å²) in [7, 11) is 1.67. The van der Waals surface area contributed by atoms with Gasteiger partial charge in [-0.05, 0) is 19.2 Å². The van der Waals surface area contributed by atoms with Crippen LogP contribution in [0.15, 0.2) is 29.2 Å². The molecule has 1 aromatic carbocycles. The fraction of sp³-hybridized carbons (Fsp3) is 0.571. The highest BCUT2D eigenvalue weighted by atomic mass is 32.2. The number of anilines is 1. The van der Waals surface area contributed by atoms with Gasteiger partial charge in [0.15, 0.2) is 0 Å². The Balaban J connectivity index is 2.10. The molecule has 2 rings (SSSR count). The third-order valence-electron chi connectivity index (χ3n) is 3.51. The van der Waals surface area contributed by atoms with E-state index in [4.69, 9.17) is 4.74 Å². The van der Waals surface area contributed by atoms with Crippen molar-refractivity contribution in [3.8, 4) is 0 Å². The molecule has 1 aliphatic heterocycles. The second-order valence-corrected chi connectivity index (χ2v) is 7.54. The zero-order chi connectivity index (χ0) is 15.5. The summed E-state index contributed by atoms with van der Waals surface area (Å²) in [5.74, 6) is 0. The van der Waals surface area contributed by atoms with Crippen LogP contribution >= 0.6 is 0 Å². The highest BCUT2D eigenvalue weighted by Crippen LogP contribution is 2.23. The van der Waals surface area contributed by atoms with E-state index in [-0.39, 0.29) is 6.10 Å². The van der Waals surface area contributed by atoms with Crippen LogP contribution in [0.25, 0.3) is 0 Å². The maximum Gasteiger partial charge on any atom is 0.244 e. The summed E-state index contributed by atoms with van der Waals surface area (Å²) in [6.45, 7) is 3.07. The molecule has 0 saturated carbocycles. The molecule has 1 atom stereocenters. The third kappa shape index (κ3) is 3.94. The number of morpholine rings is 1. The van der Waals surface area contributed by atoms with Crippen molar-refractivity contribution >= 4 is 15.7 Å². The Morgan fingerprint density at radius 2 is 2.10 bits per heavy atom. The molecule has 0 spiro atoms. The zero-order valence-electron chi connectivity index (χ0n) is 12.7. The average molecular weight is 313 g/mol. The Labute approximate surface area is 126 Å². The van der Waals surface area contributed by atoms with Crippen molar-refractivity contribution < 1.29 is 13.2 Å². The van der Waals surface area contributed by atoms with Gasteiger partial charge in [-0.1, -0.05) is 12.1 Å². The molecule has 1 N–H and O–H groups in total. The van der Waals surface area contributed by atoms with Crippen molar-refractivity contribution in [3.05, 3.63) is 24.3 Å². The lowest BCUT2D eigenvalue weighted by molar-refractivity contribution is -0.0117. The molecule has 0 amide bonds. The molecule has 1 fully saturated rings. The summed E-state index contributed by atoms with van der Waals surface area (Å²) < 4.78 is 31.5. The van der Waals surface area contributed by atoms with Crippen LogP contribution in [0.5, 0.6) is 0 Å². The van der Waals surface area contributed by atoms with Crippen LogP contribution in [0, 0.1) is 0 Å². The SMILES string of the molecule is CN1CCOC(CNc2ccccc2S(=O)(=O)N(C)C)C1. The van der Waals surface area contributed by atoms with Gasteiger partial charge in [0.1, 0.15) is 4.90 Å². The summed E-state index contributed by atoms with van der Waals surface area (Å²) in [6, 6.07) is 6.95. The number of likely N-dealkylation sites (N-methyl/N-ethyl adjacent to an activating group) is 1. The van der Waals surface area contributed by atoms with Gasteiger partial charge in [0, 0.05) is 33.7 Å². The third-order valence-corrected chi connectivity index (χ3v) is 5.38. The molecule has 1 heterocycles. The number of ether oxygens (including phenoxy) is 1. The molecule has 1 aliphatic rings. The van der Waals surface area contributed by atoms with E-state index < -0.39 is 10.0 Å². The van der Waals surface area contributed by atoms with E-state index >= 15 is 0 Å². The van der Waals surface area contributed by atoms with Crippen molar-refractivity contribution in [2.24, 2.45) is 0 Å². The van der Waals surface area contributed by atoms with E-state index in [0.29, 0.717) is 23.7 Å². The normalized spacial score (nSPS) is 20.7. The van der Waals surface area contributed by atoms with E-state index in [1.807, 2.05) is 6.07 Å². The first-order chi connectivity index (χ1) is 9.91. The minimum atomic E-state index is -3.45. The molecule has 21 heavy (non-hydrogen) atoms. The topological polar surface area (TPSA) is 61.9 Å². The predicted octanol–water partition coefficient (Wildman–Crippen LogP) is 0.679. The van der Waals surface area contributed by atoms with Crippen LogP contribution in [0.4, 0.5) is 5.69 Å². The van der Waals surface area contributed by atoms with E-state index in [9.17, 15) is 8.42 Å². The van der Waals surface area contributed by atoms with Gasteiger partial charge >= 0.3 is 0 Å². The van der Waals surface area contributed by atoms with Crippen LogP contribution < -0.4 is 5.32 Å². The molecular weight excluding hydrogens is 290 g/mol. The van der Waals surface area contributed by atoms with Crippen LogP contribution in [-0.4, -0.2) is 71.1 Å². The smallest absolute Gasteiger partial charge is 0.244 e. The zero-order valence-corrected chi connectivity index (χ0v) is 13.6. The van der Waals surface area contributed by atoms with E-state index in [1.54, 1.807) is 18.2 Å². The molecule has 0 radical (unpaired) electrons. The number of hydrogen-bond donors (Lipinski definition) is 1. The summed E-state index contributed by atoms with van der Waals surface area (Å²) in [5, 5.41) is 3.21. The number of sulfonamides is 1. The van der Waals surface area contributed by atoms with Crippen molar-refractivity contribution in [2.45, 2.75) is 11.0 Å². The standard InChI is InChI=1S/C14H23N3O3S/c1-16(2)21(18,19)14-7-5-4-6-13(14)15-10-12-11-17(3)8-9-20-12/h4-7,12,15H,8-11H2,1-3H3. The van der Waals surface area contributed by atoms with Gasteiger partial charge in [0.05, 0.1) is 18.4 Å². The molecular formula is C14H23N3O3S. The largest absolute Gasteiger partial charge is 0.381 e. The lowest BCUT2D eigenvalue weighted by atomic mass is 10.2. The van der Waals surface area contributed by atoms with Gasteiger partial charge < -0.3 is 15.0 Å². The number of hydrogen-bond acceptors (Lipinski definition) is 5. The Kier molecular flexibility index (Phi) is 5.21. The Morgan fingerprint density at radius 3 is 2.76 bits per heavy atom. The minimum absolute atomic E-state index is 0.0684. The van der Waals surface area contributed by atoms with Gasteiger partial charge in [-0.25, -0.2) is 12.7 Å². The molecule has 0 aliphatic carbocycles. The maximum absolute atomic E-state index is 12.3. The van der Waals surface area contributed by atoms with Gasteiger partial charge in [0.25, 0.3) is 0 Å². The summed E-state index contributed by atoms with van der Waals surface area (Å²) in [6.07, 6.45) is 0.0684. The highest BCUT2D eigenvalue weighted by molar-refractivity contribution is 7.89. The Bertz CT molecular complexity index is 575. The summed E-state index contributed by atoms with van der Waals surface area (Å²) in [5.41, 5.74) is 0.614. The van der Waals surface area contributed by atoms with Crippen LogP contribution in [0.1, 0.15) is 0 Å². The lowest BCUT2D eigenvalue weighted by Crippen LogP contribution is -2.43. The highest BCUT2D eigenvalue weighted by Gasteiger charge is 2.22. The van der Waals surface area contributed by atoms with E-state index in [0.717, 1.165) is 13.1 Å². The molecule has 1 unspecified atom stereocenters. The lowest BCUT2D eigenvalue weighted by Gasteiger charge is -2.30. The number of nitrogens with zero attached hydrogens (tertiary/aromatic N) is 2. The monoisotopic (exact) mass is 313 g/mol. The van der Waals surface area contributed by atoms with E-state index in [1.165, 1.54) is 18.4 Å². The van der Waals surface area contributed by atoms with Crippen LogP contribution in [-0.2, 0) is 14.8 Å². The molecule has 0 aromatic heterocycles. The van der Waals surface area contributed by atoms with Crippen LogP contribution in [0.2, 0.25) is 0 Å². The molecule has 1 aromatic rings. The molecule has 6 nitrogen and oxygen atoms in total. The quantitative estimate of drug-likeness (QED) is 0.866. The number of rotatable bonds is 5. The number of benzene rings is 1. The second kappa shape index (κ2) is 6.74. The minimum Gasteiger partial charge on any atom is -0.381 e. The average Bonchev–Trinajstić information content (AvgIpc) is 2.45.